The van der Waals surface area contributed by atoms with Gasteiger partial charge in [0.05, 0.1) is 12.7 Å². The number of aromatic hydroxyl groups is 1. The zero-order chi connectivity index (χ0) is 15.9. The molecule has 3 heteroatoms. The Balaban J connectivity index is 2.01. The third-order valence-corrected chi connectivity index (χ3v) is 4.16. The number of allylic oxidation sites excluding steroid dienone is 1. The number of phenolic OH excluding ortho intramolecular Hbond substituents is 1. The van der Waals surface area contributed by atoms with Crippen molar-refractivity contribution in [3.8, 4) is 11.5 Å². The first-order valence-corrected chi connectivity index (χ1v) is 7.22. The van der Waals surface area contributed by atoms with Gasteiger partial charge in [-0.2, -0.15) is 0 Å². The summed E-state index contributed by atoms with van der Waals surface area (Å²) in [6.45, 7) is 3.80. The second-order valence-corrected chi connectivity index (χ2v) is 5.66. The van der Waals surface area contributed by atoms with E-state index >= 15 is 0 Å². The van der Waals surface area contributed by atoms with E-state index in [4.69, 9.17) is 4.74 Å². The van der Waals surface area contributed by atoms with Gasteiger partial charge in [-0.3, -0.25) is 4.79 Å². The number of benzene rings is 2. The van der Waals surface area contributed by atoms with Crippen molar-refractivity contribution in [1.82, 2.24) is 0 Å². The Morgan fingerprint density at radius 3 is 2.45 bits per heavy atom. The molecule has 0 amide bonds. The van der Waals surface area contributed by atoms with Crippen LogP contribution in [0.25, 0.3) is 6.08 Å². The smallest absolute Gasteiger partial charge is 0.193 e. The van der Waals surface area contributed by atoms with Gasteiger partial charge in [-0.05, 0) is 54.3 Å². The SMILES string of the molecule is COc1ccc(C=C2Cc3c(C)cc(C)c(O)c3C2=O)cc1. The van der Waals surface area contributed by atoms with Crippen LogP contribution in [0.3, 0.4) is 0 Å². The highest BCUT2D eigenvalue weighted by molar-refractivity contribution is 6.17. The largest absolute Gasteiger partial charge is 0.507 e. The molecule has 2 aromatic rings. The van der Waals surface area contributed by atoms with Crippen LogP contribution in [0.4, 0.5) is 0 Å². The lowest BCUT2D eigenvalue weighted by Gasteiger charge is -2.07. The summed E-state index contributed by atoms with van der Waals surface area (Å²) in [5, 5.41) is 10.2. The molecule has 3 nitrogen and oxygen atoms in total. The third kappa shape index (κ3) is 2.29. The number of ketones is 1. The highest BCUT2D eigenvalue weighted by Gasteiger charge is 2.30. The number of carbonyl (C=O) groups is 1. The fourth-order valence-electron chi connectivity index (χ4n) is 2.94. The first-order chi connectivity index (χ1) is 10.5. The van der Waals surface area contributed by atoms with Gasteiger partial charge in [-0.25, -0.2) is 0 Å². The molecule has 1 aliphatic carbocycles. The van der Waals surface area contributed by atoms with Crippen LogP contribution in [0, 0.1) is 13.8 Å². The fraction of sp³-hybridized carbons (Fsp3) is 0.211. The number of methoxy groups -OCH3 is 1. The van der Waals surface area contributed by atoms with Crippen LogP contribution >= 0.6 is 0 Å². The maximum atomic E-state index is 12.6. The summed E-state index contributed by atoms with van der Waals surface area (Å²) >= 11 is 0. The molecule has 0 bridgehead atoms. The summed E-state index contributed by atoms with van der Waals surface area (Å²) < 4.78 is 5.13. The van der Waals surface area contributed by atoms with E-state index < -0.39 is 0 Å². The first-order valence-electron chi connectivity index (χ1n) is 7.22. The van der Waals surface area contributed by atoms with Crippen LogP contribution in [0.5, 0.6) is 11.5 Å². The quantitative estimate of drug-likeness (QED) is 0.856. The van der Waals surface area contributed by atoms with E-state index in [1.807, 2.05) is 50.3 Å². The normalized spacial score (nSPS) is 15.2. The average molecular weight is 294 g/mol. The van der Waals surface area contributed by atoms with E-state index in [0.29, 0.717) is 17.6 Å². The van der Waals surface area contributed by atoms with Crippen molar-refractivity contribution in [2.45, 2.75) is 20.3 Å². The van der Waals surface area contributed by atoms with Crippen molar-refractivity contribution >= 4 is 11.9 Å². The second kappa shape index (κ2) is 5.34. The third-order valence-electron chi connectivity index (χ3n) is 4.16. The minimum Gasteiger partial charge on any atom is -0.507 e. The molecule has 0 saturated carbocycles. The molecule has 112 valence electrons. The van der Waals surface area contributed by atoms with Crippen molar-refractivity contribution in [1.29, 1.82) is 0 Å². The predicted octanol–water partition coefficient (Wildman–Crippen LogP) is 3.84. The van der Waals surface area contributed by atoms with Gasteiger partial charge in [0, 0.05) is 12.0 Å². The number of ether oxygens (including phenoxy) is 1. The van der Waals surface area contributed by atoms with E-state index in [-0.39, 0.29) is 11.5 Å². The van der Waals surface area contributed by atoms with Gasteiger partial charge in [-0.15, -0.1) is 0 Å². The molecule has 0 aliphatic heterocycles. The Morgan fingerprint density at radius 1 is 1.14 bits per heavy atom. The van der Waals surface area contributed by atoms with Crippen molar-refractivity contribution in [2.75, 3.05) is 7.11 Å². The Labute approximate surface area is 129 Å². The Kier molecular flexibility index (Phi) is 3.49. The zero-order valence-corrected chi connectivity index (χ0v) is 12.9. The molecule has 0 spiro atoms. The molecule has 0 fully saturated rings. The van der Waals surface area contributed by atoms with Crippen molar-refractivity contribution in [3.63, 3.8) is 0 Å². The maximum absolute atomic E-state index is 12.6. The van der Waals surface area contributed by atoms with Gasteiger partial charge in [0.25, 0.3) is 0 Å². The summed E-state index contributed by atoms with van der Waals surface area (Å²) in [7, 11) is 1.62. The molecule has 0 unspecified atom stereocenters. The molecule has 1 aliphatic rings. The van der Waals surface area contributed by atoms with E-state index in [1.54, 1.807) is 7.11 Å². The van der Waals surface area contributed by atoms with E-state index in [1.165, 1.54) is 0 Å². The average Bonchev–Trinajstić information content (AvgIpc) is 2.83. The summed E-state index contributed by atoms with van der Waals surface area (Å²) in [6.07, 6.45) is 2.45. The second-order valence-electron chi connectivity index (χ2n) is 5.66. The molecular weight excluding hydrogens is 276 g/mol. The molecule has 22 heavy (non-hydrogen) atoms. The number of carbonyl (C=O) groups excluding carboxylic acids is 1. The number of hydrogen-bond acceptors (Lipinski definition) is 3. The number of hydrogen-bond donors (Lipinski definition) is 1. The number of phenols is 1. The highest BCUT2D eigenvalue weighted by Crippen LogP contribution is 2.38. The van der Waals surface area contributed by atoms with E-state index in [2.05, 4.69) is 0 Å². The molecule has 0 aromatic heterocycles. The lowest BCUT2D eigenvalue weighted by molar-refractivity contribution is 0.103. The summed E-state index contributed by atoms with van der Waals surface area (Å²) in [4.78, 5) is 12.6. The molecule has 1 N–H and O–H groups in total. The van der Waals surface area contributed by atoms with Crippen molar-refractivity contribution < 1.29 is 14.6 Å². The molecule has 0 saturated heterocycles. The molecule has 0 heterocycles. The summed E-state index contributed by atoms with van der Waals surface area (Å²) in [5.41, 5.74) is 4.87. The topological polar surface area (TPSA) is 46.5 Å². The summed E-state index contributed by atoms with van der Waals surface area (Å²) in [6, 6.07) is 9.50. The van der Waals surface area contributed by atoms with Crippen LogP contribution < -0.4 is 4.74 Å². The van der Waals surface area contributed by atoms with E-state index in [0.717, 1.165) is 28.0 Å². The highest BCUT2D eigenvalue weighted by atomic mass is 16.5. The monoisotopic (exact) mass is 294 g/mol. The van der Waals surface area contributed by atoms with Crippen molar-refractivity contribution in [2.24, 2.45) is 0 Å². The van der Waals surface area contributed by atoms with Gasteiger partial charge in [-0.1, -0.05) is 18.2 Å². The number of aryl methyl sites for hydroxylation is 2. The van der Waals surface area contributed by atoms with Crippen LogP contribution in [-0.2, 0) is 6.42 Å². The zero-order valence-electron chi connectivity index (χ0n) is 12.9. The van der Waals surface area contributed by atoms with Gasteiger partial charge in [0.1, 0.15) is 11.5 Å². The minimum absolute atomic E-state index is 0.0740. The van der Waals surface area contributed by atoms with Crippen LogP contribution in [0.2, 0.25) is 0 Å². The van der Waals surface area contributed by atoms with Gasteiger partial charge < -0.3 is 9.84 Å². The Morgan fingerprint density at radius 2 is 1.82 bits per heavy atom. The number of fused-ring (bicyclic) bond motifs is 1. The van der Waals surface area contributed by atoms with Crippen LogP contribution in [-0.4, -0.2) is 18.0 Å². The van der Waals surface area contributed by atoms with Gasteiger partial charge in [0.15, 0.2) is 5.78 Å². The van der Waals surface area contributed by atoms with Gasteiger partial charge >= 0.3 is 0 Å². The van der Waals surface area contributed by atoms with Gasteiger partial charge in [0.2, 0.25) is 0 Å². The molecular formula is C19H18O3. The van der Waals surface area contributed by atoms with Crippen molar-refractivity contribution in [3.05, 3.63) is 63.7 Å². The maximum Gasteiger partial charge on any atom is 0.193 e. The Hall–Kier alpha value is -2.55. The number of Topliss-reactive ketones (excluding diaryl/α,β-unsaturated/α-hetero) is 1. The van der Waals surface area contributed by atoms with E-state index in [9.17, 15) is 9.90 Å². The predicted molar refractivity (Wildman–Crippen MR) is 86.6 cm³/mol. The molecule has 3 rings (SSSR count). The summed E-state index contributed by atoms with van der Waals surface area (Å²) in [5.74, 6) is 0.825. The lowest BCUT2D eigenvalue weighted by atomic mass is 10.00. The minimum atomic E-state index is -0.0740. The van der Waals surface area contributed by atoms with Crippen LogP contribution in [0.15, 0.2) is 35.9 Å². The molecule has 0 radical (unpaired) electrons. The molecule has 0 atom stereocenters. The lowest BCUT2D eigenvalue weighted by Crippen LogP contribution is -1.97. The van der Waals surface area contributed by atoms with Crippen LogP contribution in [0.1, 0.15) is 32.6 Å². The number of rotatable bonds is 2. The molecule has 2 aromatic carbocycles. The Bertz CT molecular complexity index is 783. The fourth-order valence-corrected chi connectivity index (χ4v) is 2.94. The first kappa shape index (κ1) is 14.4. The standard InChI is InChI=1S/C19H18O3/c1-11-8-12(2)18(20)17-16(11)10-14(19(17)21)9-13-4-6-15(22-3)7-5-13/h4-9,20H,10H2,1-3H3.